The zero-order chi connectivity index (χ0) is 15.7. The Morgan fingerprint density at radius 3 is 2.43 bits per heavy atom. The third kappa shape index (κ3) is 4.01. The van der Waals surface area contributed by atoms with Gasteiger partial charge in [-0.15, -0.1) is 11.6 Å². The van der Waals surface area contributed by atoms with E-state index in [0.29, 0.717) is 15.8 Å². The summed E-state index contributed by atoms with van der Waals surface area (Å²) in [6.07, 6.45) is 5.60. The van der Waals surface area contributed by atoms with Crippen LogP contribution in [0.3, 0.4) is 0 Å². The standard InChI is InChI=1S/C18H25BrClF/c1-17(2,3)14-7-9-18(12-20,10-8-14)11-13-5-4-6-15(21)16(13)19/h4-6,14H,7-12H2,1-3H3. The van der Waals surface area contributed by atoms with Gasteiger partial charge < -0.3 is 0 Å². The number of rotatable bonds is 3. The van der Waals surface area contributed by atoms with Crippen molar-refractivity contribution in [2.24, 2.45) is 16.7 Å². The first kappa shape index (κ1) is 17.3. The van der Waals surface area contributed by atoms with Crippen molar-refractivity contribution in [1.82, 2.24) is 0 Å². The molecule has 1 aromatic carbocycles. The molecule has 0 heterocycles. The third-order valence-corrected chi connectivity index (χ3v) is 6.61. The average Bonchev–Trinajstić information content (AvgIpc) is 2.43. The monoisotopic (exact) mass is 374 g/mol. The van der Waals surface area contributed by atoms with Gasteiger partial charge in [-0.1, -0.05) is 32.9 Å². The van der Waals surface area contributed by atoms with E-state index >= 15 is 0 Å². The molecule has 0 N–H and O–H groups in total. The first-order valence-electron chi connectivity index (χ1n) is 7.76. The van der Waals surface area contributed by atoms with Crippen LogP contribution in [0.5, 0.6) is 0 Å². The van der Waals surface area contributed by atoms with Gasteiger partial charge in [0.15, 0.2) is 0 Å². The normalized spacial score (nSPS) is 26.9. The smallest absolute Gasteiger partial charge is 0.137 e. The Labute approximate surface area is 141 Å². The fraction of sp³-hybridized carbons (Fsp3) is 0.667. The number of hydrogen-bond donors (Lipinski definition) is 0. The molecule has 0 atom stereocenters. The first-order chi connectivity index (χ1) is 9.77. The molecule has 21 heavy (non-hydrogen) atoms. The highest BCUT2D eigenvalue weighted by Crippen LogP contribution is 2.48. The zero-order valence-corrected chi connectivity index (χ0v) is 15.5. The Kier molecular flexibility index (Phi) is 5.41. The molecule has 2 rings (SSSR count). The molecular formula is C18H25BrClF. The van der Waals surface area contributed by atoms with E-state index in [-0.39, 0.29) is 11.2 Å². The third-order valence-electron chi connectivity index (χ3n) is 5.15. The Bertz CT molecular complexity index is 484. The fourth-order valence-electron chi connectivity index (χ4n) is 3.54. The predicted molar refractivity (Wildman–Crippen MR) is 92.4 cm³/mol. The minimum absolute atomic E-state index is 0.125. The van der Waals surface area contributed by atoms with Gasteiger partial charge in [0.1, 0.15) is 5.82 Å². The minimum atomic E-state index is -0.180. The minimum Gasteiger partial charge on any atom is -0.206 e. The van der Waals surface area contributed by atoms with Gasteiger partial charge >= 0.3 is 0 Å². The van der Waals surface area contributed by atoms with E-state index in [1.807, 2.05) is 6.07 Å². The highest BCUT2D eigenvalue weighted by molar-refractivity contribution is 9.10. The highest BCUT2D eigenvalue weighted by atomic mass is 79.9. The summed E-state index contributed by atoms with van der Waals surface area (Å²) in [6.45, 7) is 6.98. The van der Waals surface area contributed by atoms with Crippen LogP contribution in [-0.2, 0) is 6.42 Å². The summed E-state index contributed by atoms with van der Waals surface area (Å²) in [5, 5.41) is 0. The van der Waals surface area contributed by atoms with Crippen molar-refractivity contribution < 1.29 is 4.39 Å². The van der Waals surface area contributed by atoms with Crippen molar-refractivity contribution in [3.05, 3.63) is 34.1 Å². The van der Waals surface area contributed by atoms with Crippen molar-refractivity contribution >= 4 is 27.5 Å². The molecule has 1 aromatic rings. The van der Waals surface area contributed by atoms with E-state index in [9.17, 15) is 4.39 Å². The van der Waals surface area contributed by atoms with Crippen LogP contribution in [0.4, 0.5) is 4.39 Å². The number of halogens is 3. The van der Waals surface area contributed by atoms with Crippen LogP contribution in [0.1, 0.15) is 52.0 Å². The topological polar surface area (TPSA) is 0 Å². The van der Waals surface area contributed by atoms with Crippen LogP contribution in [0.25, 0.3) is 0 Å². The summed E-state index contributed by atoms with van der Waals surface area (Å²) < 4.78 is 14.3. The Balaban J connectivity index is 2.12. The van der Waals surface area contributed by atoms with Crippen molar-refractivity contribution in [2.45, 2.75) is 52.9 Å². The summed E-state index contributed by atoms with van der Waals surface area (Å²) >= 11 is 9.72. The molecule has 1 aliphatic carbocycles. The summed E-state index contributed by atoms with van der Waals surface area (Å²) in [4.78, 5) is 0. The van der Waals surface area contributed by atoms with Crippen molar-refractivity contribution in [3.63, 3.8) is 0 Å². The molecule has 0 bridgehead atoms. The van der Waals surface area contributed by atoms with E-state index in [2.05, 4.69) is 36.7 Å². The van der Waals surface area contributed by atoms with Crippen molar-refractivity contribution in [2.75, 3.05) is 5.88 Å². The van der Waals surface area contributed by atoms with Crippen molar-refractivity contribution in [3.8, 4) is 0 Å². The lowest BCUT2D eigenvalue weighted by atomic mass is 9.63. The van der Waals surface area contributed by atoms with E-state index in [0.717, 1.165) is 30.7 Å². The molecular weight excluding hydrogens is 351 g/mol. The van der Waals surface area contributed by atoms with Crippen molar-refractivity contribution in [1.29, 1.82) is 0 Å². The van der Waals surface area contributed by atoms with Gasteiger partial charge in [-0.25, -0.2) is 4.39 Å². The molecule has 0 aliphatic heterocycles. The van der Waals surface area contributed by atoms with Gasteiger partial charge in [0.2, 0.25) is 0 Å². The molecule has 0 saturated heterocycles. The Morgan fingerprint density at radius 2 is 1.90 bits per heavy atom. The Hall–Kier alpha value is -0.0800. The second kappa shape index (κ2) is 6.58. The lowest BCUT2D eigenvalue weighted by molar-refractivity contribution is 0.102. The molecule has 0 spiro atoms. The van der Waals surface area contributed by atoms with Crippen LogP contribution in [0, 0.1) is 22.6 Å². The molecule has 0 nitrogen and oxygen atoms in total. The lowest BCUT2D eigenvalue weighted by Gasteiger charge is -2.43. The Morgan fingerprint density at radius 1 is 1.29 bits per heavy atom. The quantitative estimate of drug-likeness (QED) is 0.523. The number of hydrogen-bond acceptors (Lipinski definition) is 0. The molecule has 0 unspecified atom stereocenters. The van der Waals surface area contributed by atoms with Crippen LogP contribution >= 0.6 is 27.5 Å². The number of alkyl halides is 1. The zero-order valence-electron chi connectivity index (χ0n) is 13.2. The predicted octanol–water partition coefficient (Wildman–Crippen LogP) is 6.59. The molecule has 1 fully saturated rings. The summed E-state index contributed by atoms with van der Waals surface area (Å²) in [5.41, 5.74) is 1.54. The van der Waals surface area contributed by atoms with E-state index in [1.165, 1.54) is 18.9 Å². The molecule has 1 aliphatic rings. The molecule has 3 heteroatoms. The van der Waals surface area contributed by atoms with Crippen LogP contribution in [0.2, 0.25) is 0 Å². The summed E-state index contributed by atoms with van der Waals surface area (Å²) in [5.74, 6) is 1.25. The molecule has 0 aromatic heterocycles. The maximum Gasteiger partial charge on any atom is 0.137 e. The SMILES string of the molecule is CC(C)(C)C1CCC(CCl)(Cc2cccc(F)c2Br)CC1. The average molecular weight is 376 g/mol. The maximum absolute atomic E-state index is 13.7. The fourth-order valence-corrected chi connectivity index (χ4v) is 4.31. The van der Waals surface area contributed by atoms with Gasteiger partial charge in [0, 0.05) is 5.88 Å². The van der Waals surface area contributed by atoms with Gasteiger partial charge in [-0.2, -0.15) is 0 Å². The van der Waals surface area contributed by atoms with E-state index < -0.39 is 0 Å². The molecule has 0 amide bonds. The number of benzene rings is 1. The van der Waals surface area contributed by atoms with Gasteiger partial charge in [-0.3, -0.25) is 0 Å². The second-order valence-electron chi connectivity index (χ2n) is 7.66. The molecule has 118 valence electrons. The summed E-state index contributed by atoms with van der Waals surface area (Å²) in [6, 6.07) is 5.30. The highest BCUT2D eigenvalue weighted by Gasteiger charge is 2.38. The van der Waals surface area contributed by atoms with E-state index in [1.54, 1.807) is 6.07 Å². The maximum atomic E-state index is 13.7. The first-order valence-corrected chi connectivity index (χ1v) is 9.09. The van der Waals surface area contributed by atoms with Crippen LogP contribution < -0.4 is 0 Å². The van der Waals surface area contributed by atoms with E-state index in [4.69, 9.17) is 11.6 Å². The largest absolute Gasteiger partial charge is 0.206 e. The van der Waals surface area contributed by atoms with Gasteiger partial charge in [0.05, 0.1) is 4.47 Å². The molecule has 1 saturated carbocycles. The van der Waals surface area contributed by atoms with Gasteiger partial charge in [0.25, 0.3) is 0 Å². The van der Waals surface area contributed by atoms with Crippen LogP contribution in [0.15, 0.2) is 22.7 Å². The lowest BCUT2D eigenvalue weighted by Crippen LogP contribution is -2.35. The summed E-state index contributed by atoms with van der Waals surface area (Å²) in [7, 11) is 0. The second-order valence-corrected chi connectivity index (χ2v) is 8.72. The van der Waals surface area contributed by atoms with Gasteiger partial charge in [-0.05, 0) is 76.4 Å². The van der Waals surface area contributed by atoms with Crippen LogP contribution in [-0.4, -0.2) is 5.88 Å². The molecule has 0 radical (unpaired) electrons.